The zero-order valence-corrected chi connectivity index (χ0v) is 11.8. The fourth-order valence-electron chi connectivity index (χ4n) is 1.27. The smallest absolute Gasteiger partial charge is 0.243 e. The first-order chi connectivity index (χ1) is 7.55. The predicted octanol–water partition coefficient (Wildman–Crippen LogP) is 0.960. The molecule has 0 bridgehead atoms. The molecule has 0 fully saturated rings. The zero-order chi connectivity index (χ0) is 13.9. The number of amides is 1. The summed E-state index contributed by atoms with van der Waals surface area (Å²) in [7, 11) is -3.48. The summed E-state index contributed by atoms with van der Waals surface area (Å²) >= 11 is 0. The fourth-order valence-corrected chi connectivity index (χ4v) is 1.70. The highest BCUT2D eigenvalue weighted by molar-refractivity contribution is 7.92. The number of rotatable bonds is 5. The standard InChI is InChI=1S/C11H20N2O3S/c1-9(2)13(8-6-7-12)10(14)11(3,4)17(5,15)16/h9H,6,8H2,1-5H3. The van der Waals surface area contributed by atoms with Crippen molar-refractivity contribution in [2.24, 2.45) is 0 Å². The van der Waals surface area contributed by atoms with Gasteiger partial charge in [0, 0.05) is 18.8 Å². The van der Waals surface area contributed by atoms with Gasteiger partial charge in [0.2, 0.25) is 5.91 Å². The van der Waals surface area contributed by atoms with Crippen LogP contribution in [-0.2, 0) is 14.6 Å². The van der Waals surface area contributed by atoms with Gasteiger partial charge in [-0.15, -0.1) is 0 Å². The molecule has 0 spiro atoms. The van der Waals surface area contributed by atoms with Crippen molar-refractivity contribution in [1.29, 1.82) is 5.26 Å². The molecule has 5 nitrogen and oxygen atoms in total. The maximum absolute atomic E-state index is 12.2. The number of carbonyl (C=O) groups excluding carboxylic acids is 1. The minimum Gasteiger partial charge on any atom is -0.338 e. The van der Waals surface area contributed by atoms with E-state index >= 15 is 0 Å². The SMILES string of the molecule is CC(C)N(CCC#N)C(=O)C(C)(C)S(C)(=O)=O. The summed E-state index contributed by atoms with van der Waals surface area (Å²) in [6, 6.07) is 1.83. The highest BCUT2D eigenvalue weighted by Crippen LogP contribution is 2.20. The molecule has 6 heteroatoms. The lowest BCUT2D eigenvalue weighted by molar-refractivity contribution is -0.134. The number of nitrogens with zero attached hydrogens (tertiary/aromatic N) is 2. The van der Waals surface area contributed by atoms with Gasteiger partial charge in [-0.3, -0.25) is 4.79 Å². The van der Waals surface area contributed by atoms with E-state index in [1.165, 1.54) is 18.7 Å². The predicted molar refractivity (Wildman–Crippen MR) is 66.0 cm³/mol. The van der Waals surface area contributed by atoms with Crippen LogP contribution in [0.3, 0.4) is 0 Å². The molecule has 17 heavy (non-hydrogen) atoms. The van der Waals surface area contributed by atoms with E-state index in [9.17, 15) is 13.2 Å². The molecular weight excluding hydrogens is 240 g/mol. The van der Waals surface area contributed by atoms with Gasteiger partial charge in [-0.2, -0.15) is 5.26 Å². The molecule has 0 aromatic carbocycles. The molecule has 0 heterocycles. The van der Waals surface area contributed by atoms with Crippen LogP contribution < -0.4 is 0 Å². The Bertz CT molecular complexity index is 418. The highest BCUT2D eigenvalue weighted by atomic mass is 32.2. The average Bonchev–Trinajstić information content (AvgIpc) is 2.15. The van der Waals surface area contributed by atoms with Gasteiger partial charge >= 0.3 is 0 Å². The summed E-state index contributed by atoms with van der Waals surface area (Å²) in [5, 5.41) is 8.54. The summed E-state index contributed by atoms with van der Waals surface area (Å²) in [6.07, 6.45) is 1.25. The monoisotopic (exact) mass is 260 g/mol. The highest BCUT2D eigenvalue weighted by Gasteiger charge is 2.41. The van der Waals surface area contributed by atoms with Crippen LogP contribution in [0.2, 0.25) is 0 Å². The minimum atomic E-state index is -3.48. The Labute approximate surface area is 103 Å². The van der Waals surface area contributed by atoms with Crippen LogP contribution in [0.5, 0.6) is 0 Å². The van der Waals surface area contributed by atoms with Crippen molar-refractivity contribution in [1.82, 2.24) is 4.90 Å². The van der Waals surface area contributed by atoms with Crippen molar-refractivity contribution in [3.05, 3.63) is 0 Å². The van der Waals surface area contributed by atoms with Gasteiger partial charge in [0.15, 0.2) is 9.84 Å². The summed E-state index contributed by atoms with van der Waals surface area (Å²) in [5.74, 6) is -0.453. The Morgan fingerprint density at radius 3 is 2.18 bits per heavy atom. The number of hydrogen-bond donors (Lipinski definition) is 0. The molecule has 0 aliphatic heterocycles. The molecule has 0 aromatic rings. The summed E-state index contributed by atoms with van der Waals surface area (Å²) in [4.78, 5) is 13.6. The van der Waals surface area contributed by atoms with Crippen LogP contribution in [0.1, 0.15) is 34.1 Å². The molecule has 1 amide bonds. The second kappa shape index (κ2) is 5.50. The lowest BCUT2D eigenvalue weighted by Crippen LogP contribution is -2.52. The first-order valence-electron chi connectivity index (χ1n) is 5.43. The van der Waals surface area contributed by atoms with Gasteiger partial charge < -0.3 is 4.90 Å². The van der Waals surface area contributed by atoms with Crippen molar-refractivity contribution in [2.75, 3.05) is 12.8 Å². The number of nitriles is 1. The first-order valence-corrected chi connectivity index (χ1v) is 7.32. The van der Waals surface area contributed by atoms with E-state index in [1.807, 2.05) is 6.07 Å². The lowest BCUT2D eigenvalue weighted by Gasteiger charge is -2.33. The van der Waals surface area contributed by atoms with Crippen molar-refractivity contribution < 1.29 is 13.2 Å². The van der Waals surface area contributed by atoms with Gasteiger partial charge in [-0.1, -0.05) is 0 Å². The third-order valence-corrected chi connectivity index (χ3v) is 4.82. The maximum Gasteiger partial charge on any atom is 0.243 e. The Hall–Kier alpha value is -1.09. The summed E-state index contributed by atoms with van der Waals surface area (Å²) < 4.78 is 21.7. The van der Waals surface area contributed by atoms with E-state index in [2.05, 4.69) is 0 Å². The molecule has 0 N–H and O–H groups in total. The molecule has 0 atom stereocenters. The van der Waals surface area contributed by atoms with Crippen LogP contribution in [0, 0.1) is 11.3 Å². The topological polar surface area (TPSA) is 78.2 Å². The number of sulfone groups is 1. The molecule has 0 aromatic heterocycles. The van der Waals surface area contributed by atoms with Gasteiger partial charge in [0.25, 0.3) is 0 Å². The Morgan fingerprint density at radius 1 is 1.41 bits per heavy atom. The molecule has 0 aliphatic carbocycles. The van der Waals surface area contributed by atoms with Crippen LogP contribution >= 0.6 is 0 Å². The Morgan fingerprint density at radius 2 is 1.88 bits per heavy atom. The van der Waals surface area contributed by atoms with Crippen LogP contribution in [0.15, 0.2) is 0 Å². The minimum absolute atomic E-state index is 0.128. The number of carbonyl (C=O) groups is 1. The van der Waals surface area contributed by atoms with Crippen LogP contribution in [0.4, 0.5) is 0 Å². The first kappa shape index (κ1) is 15.9. The number of hydrogen-bond acceptors (Lipinski definition) is 4. The van der Waals surface area contributed by atoms with E-state index in [1.54, 1.807) is 13.8 Å². The third-order valence-electron chi connectivity index (χ3n) is 2.79. The van der Waals surface area contributed by atoms with Gasteiger partial charge in [-0.05, 0) is 27.7 Å². The molecule has 0 saturated heterocycles. The van der Waals surface area contributed by atoms with E-state index in [4.69, 9.17) is 5.26 Å². The maximum atomic E-state index is 12.2. The van der Waals surface area contributed by atoms with Crippen LogP contribution in [0.25, 0.3) is 0 Å². The van der Waals surface area contributed by atoms with E-state index in [0.29, 0.717) is 0 Å². The average molecular weight is 260 g/mol. The summed E-state index contributed by atoms with van der Waals surface area (Å²) in [5.41, 5.74) is 0. The molecule has 98 valence electrons. The zero-order valence-electron chi connectivity index (χ0n) is 11.0. The molecule has 0 saturated carbocycles. The largest absolute Gasteiger partial charge is 0.338 e. The second-order valence-corrected chi connectivity index (χ2v) is 7.35. The van der Waals surface area contributed by atoms with Crippen molar-refractivity contribution in [2.45, 2.75) is 44.9 Å². The van der Waals surface area contributed by atoms with Crippen LogP contribution in [-0.4, -0.2) is 42.8 Å². The lowest BCUT2D eigenvalue weighted by atomic mass is 10.1. The second-order valence-electron chi connectivity index (χ2n) is 4.78. The normalized spacial score (nSPS) is 12.3. The van der Waals surface area contributed by atoms with E-state index in [-0.39, 0.29) is 19.0 Å². The third kappa shape index (κ3) is 3.70. The fraction of sp³-hybridized carbons (Fsp3) is 0.818. The molecule has 0 aliphatic rings. The van der Waals surface area contributed by atoms with Crippen molar-refractivity contribution in [3.63, 3.8) is 0 Å². The van der Waals surface area contributed by atoms with Gasteiger partial charge in [0.05, 0.1) is 12.5 Å². The molecule has 0 radical (unpaired) electrons. The van der Waals surface area contributed by atoms with Gasteiger partial charge in [0.1, 0.15) is 4.75 Å². The molecule has 0 rings (SSSR count). The van der Waals surface area contributed by atoms with E-state index in [0.717, 1.165) is 6.26 Å². The van der Waals surface area contributed by atoms with Gasteiger partial charge in [-0.25, -0.2) is 8.42 Å². The van der Waals surface area contributed by atoms with E-state index < -0.39 is 20.5 Å². The van der Waals surface area contributed by atoms with Crippen molar-refractivity contribution in [3.8, 4) is 6.07 Å². The quantitative estimate of drug-likeness (QED) is 0.737. The molecular formula is C11H20N2O3S. The Kier molecular flexibility index (Phi) is 5.14. The van der Waals surface area contributed by atoms with Crippen molar-refractivity contribution >= 4 is 15.7 Å². The summed E-state index contributed by atoms with van der Waals surface area (Å²) in [6.45, 7) is 6.64. The molecule has 0 unspecified atom stereocenters. The Balaban J connectivity index is 5.18.